The summed E-state index contributed by atoms with van der Waals surface area (Å²) in [5.74, 6) is -0.203. The van der Waals surface area contributed by atoms with Crippen molar-refractivity contribution in [1.29, 1.82) is 0 Å². The molecule has 1 aromatic carbocycles. The van der Waals surface area contributed by atoms with E-state index in [9.17, 15) is 4.79 Å². The zero-order chi connectivity index (χ0) is 14.1. The van der Waals surface area contributed by atoms with Crippen molar-refractivity contribution in [2.45, 2.75) is 26.4 Å². The van der Waals surface area contributed by atoms with E-state index in [-0.39, 0.29) is 24.9 Å². The van der Waals surface area contributed by atoms with Crippen LogP contribution in [0.4, 0.5) is 0 Å². The average molecular weight is 329 g/mol. The van der Waals surface area contributed by atoms with Gasteiger partial charge in [-0.1, -0.05) is 17.7 Å². The number of benzene rings is 1. The van der Waals surface area contributed by atoms with E-state index < -0.39 is 0 Å². The molecule has 0 unspecified atom stereocenters. The molecular weight excluding hydrogens is 311 g/mol. The number of hydrogen-bond acceptors (Lipinski definition) is 3. The van der Waals surface area contributed by atoms with Crippen LogP contribution in [0.5, 0.6) is 0 Å². The summed E-state index contributed by atoms with van der Waals surface area (Å²) < 4.78 is 7.13. The molecule has 0 amide bonds. The Morgan fingerprint density at radius 1 is 1.48 bits per heavy atom. The topological polar surface area (TPSA) is 43.3 Å². The summed E-state index contributed by atoms with van der Waals surface area (Å²) in [5.41, 5.74) is 3.50. The van der Waals surface area contributed by atoms with Crippen LogP contribution in [0.15, 0.2) is 18.2 Å². The quantitative estimate of drug-likeness (QED) is 0.881. The minimum atomic E-state index is -0.203. The molecule has 4 nitrogen and oxygen atoms in total. The molecule has 0 fully saturated rings. The number of halogens is 2. The number of carbonyl (C=O) groups excluding carboxylic acids is 1. The van der Waals surface area contributed by atoms with Gasteiger partial charge in [-0.25, -0.2) is 0 Å². The van der Waals surface area contributed by atoms with Gasteiger partial charge in [0.05, 0.1) is 12.1 Å². The number of esters is 1. The van der Waals surface area contributed by atoms with Gasteiger partial charge in [0.2, 0.25) is 0 Å². The number of hydrogen-bond donors (Lipinski definition) is 1. The molecule has 3 rings (SSSR count). The van der Waals surface area contributed by atoms with Crippen molar-refractivity contribution in [2.24, 2.45) is 0 Å². The number of rotatable bonds is 3. The molecule has 0 spiro atoms. The second-order valence-electron chi connectivity index (χ2n) is 4.90. The van der Waals surface area contributed by atoms with Gasteiger partial charge in [0, 0.05) is 35.6 Å². The normalized spacial score (nSPS) is 13.6. The Labute approximate surface area is 134 Å². The maximum atomic E-state index is 11.8. The molecule has 0 bridgehead atoms. The number of fused-ring (bicyclic) bond motifs is 3. The van der Waals surface area contributed by atoms with Crippen molar-refractivity contribution >= 4 is 40.9 Å². The predicted molar refractivity (Wildman–Crippen MR) is 86.2 cm³/mol. The van der Waals surface area contributed by atoms with Crippen LogP contribution in [0, 0.1) is 0 Å². The van der Waals surface area contributed by atoms with E-state index in [0.717, 1.165) is 25.0 Å². The van der Waals surface area contributed by atoms with Crippen molar-refractivity contribution in [3.05, 3.63) is 34.5 Å². The van der Waals surface area contributed by atoms with E-state index >= 15 is 0 Å². The molecule has 0 saturated heterocycles. The van der Waals surface area contributed by atoms with Crippen molar-refractivity contribution in [3.63, 3.8) is 0 Å². The van der Waals surface area contributed by atoms with Crippen molar-refractivity contribution in [1.82, 2.24) is 9.88 Å². The fraction of sp³-hybridized carbons (Fsp3) is 0.400. The third-order valence-corrected chi connectivity index (χ3v) is 3.92. The molecule has 2 heterocycles. The predicted octanol–water partition coefficient (Wildman–Crippen LogP) is 2.93. The smallest absolute Gasteiger partial charge is 0.325 e. The lowest BCUT2D eigenvalue weighted by atomic mass is 10.1. The second kappa shape index (κ2) is 6.69. The Hall–Kier alpha value is -1.23. The Balaban J connectivity index is 0.00000161. The molecule has 0 aliphatic carbocycles. The number of aromatic nitrogens is 1. The summed E-state index contributed by atoms with van der Waals surface area (Å²) >= 11 is 6.11. The van der Waals surface area contributed by atoms with E-state index in [4.69, 9.17) is 16.3 Å². The monoisotopic (exact) mass is 328 g/mol. The Kier molecular flexibility index (Phi) is 5.14. The minimum absolute atomic E-state index is 0. The van der Waals surface area contributed by atoms with E-state index in [0.29, 0.717) is 11.6 Å². The van der Waals surface area contributed by atoms with Crippen LogP contribution in [-0.2, 0) is 29.0 Å². The van der Waals surface area contributed by atoms with Gasteiger partial charge in [-0.2, -0.15) is 0 Å². The molecule has 0 saturated carbocycles. The van der Waals surface area contributed by atoms with Crippen LogP contribution in [-0.4, -0.2) is 23.7 Å². The third-order valence-electron chi connectivity index (χ3n) is 3.68. The average Bonchev–Trinajstić information content (AvgIpc) is 2.73. The first-order valence-corrected chi connectivity index (χ1v) is 7.24. The minimum Gasteiger partial charge on any atom is -0.465 e. The maximum absolute atomic E-state index is 11.8. The van der Waals surface area contributed by atoms with Gasteiger partial charge >= 0.3 is 5.97 Å². The first-order valence-electron chi connectivity index (χ1n) is 6.86. The van der Waals surface area contributed by atoms with Gasteiger partial charge in [0.1, 0.15) is 6.54 Å². The first kappa shape index (κ1) is 16.1. The molecule has 1 aliphatic heterocycles. The highest BCUT2D eigenvalue weighted by atomic mass is 35.5. The molecule has 0 atom stereocenters. The summed E-state index contributed by atoms with van der Waals surface area (Å²) in [4.78, 5) is 11.8. The van der Waals surface area contributed by atoms with Gasteiger partial charge in [0.25, 0.3) is 0 Å². The number of nitrogens with one attached hydrogen (secondary N) is 1. The summed E-state index contributed by atoms with van der Waals surface area (Å²) in [6.45, 7) is 4.24. The van der Waals surface area contributed by atoms with Gasteiger partial charge in [0.15, 0.2) is 0 Å². The van der Waals surface area contributed by atoms with Crippen LogP contribution in [0.3, 0.4) is 0 Å². The summed E-state index contributed by atoms with van der Waals surface area (Å²) in [5, 5.41) is 5.23. The molecular formula is C15H18Cl2N2O2. The molecule has 0 radical (unpaired) electrons. The standard InChI is InChI=1S/C15H17ClN2O2.ClH/c1-2-20-15(19)9-18-13-5-6-17-8-12(13)11-4-3-10(16)7-14(11)18;/h3-4,7,17H,2,5-6,8-9H2,1H3;1H. The Morgan fingerprint density at radius 3 is 3.05 bits per heavy atom. The molecule has 114 valence electrons. The lowest BCUT2D eigenvalue weighted by Gasteiger charge is -2.16. The largest absolute Gasteiger partial charge is 0.465 e. The first-order chi connectivity index (χ1) is 9.70. The summed E-state index contributed by atoms with van der Waals surface area (Å²) in [6, 6.07) is 5.85. The molecule has 2 aromatic rings. The van der Waals surface area contributed by atoms with Crippen molar-refractivity contribution < 1.29 is 9.53 Å². The van der Waals surface area contributed by atoms with Crippen molar-refractivity contribution in [2.75, 3.05) is 13.2 Å². The van der Waals surface area contributed by atoms with E-state index in [2.05, 4.69) is 9.88 Å². The molecule has 1 aliphatic rings. The van der Waals surface area contributed by atoms with Crippen molar-refractivity contribution in [3.8, 4) is 0 Å². The summed E-state index contributed by atoms with van der Waals surface area (Å²) in [7, 11) is 0. The van der Waals surface area contributed by atoms with Gasteiger partial charge in [-0.05, 0) is 24.6 Å². The van der Waals surface area contributed by atoms with E-state index in [1.165, 1.54) is 16.6 Å². The van der Waals surface area contributed by atoms with E-state index in [1.807, 2.05) is 25.1 Å². The second-order valence-corrected chi connectivity index (χ2v) is 5.34. The van der Waals surface area contributed by atoms with Crippen LogP contribution in [0.1, 0.15) is 18.2 Å². The van der Waals surface area contributed by atoms with Gasteiger partial charge in [-0.3, -0.25) is 4.79 Å². The highest BCUT2D eigenvalue weighted by molar-refractivity contribution is 6.31. The highest BCUT2D eigenvalue weighted by Crippen LogP contribution is 2.30. The maximum Gasteiger partial charge on any atom is 0.325 e. The molecule has 21 heavy (non-hydrogen) atoms. The van der Waals surface area contributed by atoms with Crippen LogP contribution < -0.4 is 5.32 Å². The Morgan fingerprint density at radius 2 is 2.29 bits per heavy atom. The fourth-order valence-electron chi connectivity index (χ4n) is 2.87. The lowest BCUT2D eigenvalue weighted by Crippen LogP contribution is -2.25. The zero-order valence-electron chi connectivity index (χ0n) is 11.8. The number of carbonyl (C=O) groups is 1. The van der Waals surface area contributed by atoms with Gasteiger partial charge < -0.3 is 14.6 Å². The van der Waals surface area contributed by atoms with Gasteiger partial charge in [-0.15, -0.1) is 12.4 Å². The fourth-order valence-corrected chi connectivity index (χ4v) is 3.03. The van der Waals surface area contributed by atoms with E-state index in [1.54, 1.807) is 0 Å². The molecule has 1 aromatic heterocycles. The van der Waals surface area contributed by atoms with Crippen LogP contribution in [0.25, 0.3) is 10.9 Å². The van der Waals surface area contributed by atoms with Crippen LogP contribution >= 0.6 is 24.0 Å². The lowest BCUT2D eigenvalue weighted by molar-refractivity contribution is -0.143. The van der Waals surface area contributed by atoms with Crippen LogP contribution in [0.2, 0.25) is 5.02 Å². The molecule has 1 N–H and O–H groups in total. The Bertz CT molecular complexity index is 667. The third kappa shape index (κ3) is 3.03. The zero-order valence-corrected chi connectivity index (χ0v) is 13.4. The molecule has 6 heteroatoms. The number of ether oxygens (including phenoxy) is 1. The summed E-state index contributed by atoms with van der Waals surface area (Å²) in [6.07, 6.45) is 0.918. The SMILES string of the molecule is CCOC(=O)Cn1c2c(c3ccc(Cl)cc31)CNCC2.Cl. The highest BCUT2D eigenvalue weighted by Gasteiger charge is 2.21. The number of nitrogens with zero attached hydrogens (tertiary/aromatic N) is 1.